The van der Waals surface area contributed by atoms with Crippen molar-refractivity contribution < 1.29 is 23.9 Å². The molecule has 2 amide bonds. The van der Waals surface area contributed by atoms with Crippen molar-refractivity contribution in [3.63, 3.8) is 0 Å². The highest BCUT2D eigenvalue weighted by Crippen LogP contribution is 2.19. The molecule has 0 aliphatic rings. The number of halogens is 1. The van der Waals surface area contributed by atoms with Crippen molar-refractivity contribution in [1.29, 1.82) is 0 Å². The summed E-state index contributed by atoms with van der Waals surface area (Å²) in [4.78, 5) is 36.6. The highest BCUT2D eigenvalue weighted by atomic mass is 19.1. The molecule has 0 aliphatic carbocycles. The summed E-state index contributed by atoms with van der Waals surface area (Å²) >= 11 is 0. The van der Waals surface area contributed by atoms with Crippen LogP contribution in [0, 0.1) is 18.7 Å². The predicted molar refractivity (Wildman–Crippen MR) is 107 cm³/mol. The largest absolute Gasteiger partial charge is 0.481 e. The number of benzene rings is 2. The van der Waals surface area contributed by atoms with Crippen LogP contribution in [0.1, 0.15) is 47.8 Å². The highest BCUT2D eigenvalue weighted by molar-refractivity contribution is 5.97. The van der Waals surface area contributed by atoms with E-state index in [9.17, 15) is 23.9 Å². The molecule has 0 fully saturated rings. The molecule has 0 aromatic heterocycles. The Bertz CT molecular complexity index is 863. The van der Waals surface area contributed by atoms with Gasteiger partial charge in [-0.15, -0.1) is 0 Å². The maximum atomic E-state index is 13.1. The predicted octanol–water partition coefficient (Wildman–Crippen LogP) is 3.22. The number of hydrogen-bond acceptors (Lipinski definition) is 3. The lowest BCUT2D eigenvalue weighted by molar-refractivity contribution is -0.137. The van der Waals surface area contributed by atoms with Crippen molar-refractivity contribution in [2.45, 2.75) is 39.3 Å². The molecule has 0 spiro atoms. The number of aryl methyl sites for hydroxylation is 1. The van der Waals surface area contributed by atoms with Gasteiger partial charge in [0.15, 0.2) is 0 Å². The zero-order chi connectivity index (χ0) is 21.6. The number of carboxylic acids is 1. The Labute approximate surface area is 169 Å². The first-order chi connectivity index (χ1) is 13.7. The summed E-state index contributed by atoms with van der Waals surface area (Å²) in [6.45, 7) is 5.45. The van der Waals surface area contributed by atoms with Gasteiger partial charge in [0, 0.05) is 5.56 Å². The van der Waals surface area contributed by atoms with Gasteiger partial charge in [0.2, 0.25) is 5.91 Å². The van der Waals surface area contributed by atoms with Crippen LogP contribution in [0.2, 0.25) is 0 Å². The minimum absolute atomic E-state index is 0.227. The van der Waals surface area contributed by atoms with Gasteiger partial charge in [-0.3, -0.25) is 14.4 Å². The second kappa shape index (κ2) is 9.82. The quantitative estimate of drug-likeness (QED) is 0.634. The van der Waals surface area contributed by atoms with Crippen molar-refractivity contribution in [3.05, 3.63) is 71.0 Å². The molecule has 0 aliphatic heterocycles. The van der Waals surface area contributed by atoms with Crippen molar-refractivity contribution in [1.82, 2.24) is 10.6 Å². The molecule has 0 bridgehead atoms. The van der Waals surface area contributed by atoms with Gasteiger partial charge in [-0.25, -0.2) is 4.39 Å². The molecule has 154 valence electrons. The Kier molecular flexibility index (Phi) is 7.47. The zero-order valence-electron chi connectivity index (χ0n) is 16.6. The minimum Gasteiger partial charge on any atom is -0.481 e. The van der Waals surface area contributed by atoms with E-state index in [-0.39, 0.29) is 17.9 Å². The van der Waals surface area contributed by atoms with E-state index >= 15 is 0 Å². The van der Waals surface area contributed by atoms with E-state index in [1.165, 1.54) is 24.3 Å². The summed E-state index contributed by atoms with van der Waals surface area (Å²) in [6.07, 6.45) is -0.286. The Morgan fingerprint density at radius 2 is 1.55 bits per heavy atom. The minimum atomic E-state index is -1.05. The van der Waals surface area contributed by atoms with Crippen LogP contribution in [0.5, 0.6) is 0 Å². The third-order valence-electron chi connectivity index (χ3n) is 4.52. The first kappa shape index (κ1) is 22.1. The lowest BCUT2D eigenvalue weighted by Crippen LogP contribution is -2.50. The molecular formula is C22H25FN2O4. The molecule has 0 saturated heterocycles. The van der Waals surface area contributed by atoms with E-state index in [2.05, 4.69) is 10.6 Å². The molecule has 0 radical (unpaired) electrons. The molecular weight excluding hydrogens is 375 g/mol. The van der Waals surface area contributed by atoms with Crippen LogP contribution >= 0.6 is 0 Å². The highest BCUT2D eigenvalue weighted by Gasteiger charge is 2.28. The summed E-state index contributed by atoms with van der Waals surface area (Å²) in [6, 6.07) is 10.6. The normalized spacial score (nSPS) is 12.9. The van der Waals surface area contributed by atoms with E-state index in [0.717, 1.165) is 5.56 Å². The van der Waals surface area contributed by atoms with Gasteiger partial charge < -0.3 is 15.7 Å². The number of carboxylic acid groups (broad SMARTS) is 1. The summed E-state index contributed by atoms with van der Waals surface area (Å²) in [5.74, 6) is -2.75. The van der Waals surface area contributed by atoms with Gasteiger partial charge in [0.25, 0.3) is 5.91 Å². The molecule has 3 N–H and O–H groups in total. The Morgan fingerprint density at radius 1 is 0.966 bits per heavy atom. The van der Waals surface area contributed by atoms with Gasteiger partial charge in [-0.1, -0.05) is 43.7 Å². The number of hydrogen-bond donors (Lipinski definition) is 3. The van der Waals surface area contributed by atoms with E-state index < -0.39 is 35.7 Å². The Morgan fingerprint density at radius 3 is 2.07 bits per heavy atom. The van der Waals surface area contributed by atoms with E-state index in [1.807, 2.05) is 19.1 Å². The van der Waals surface area contributed by atoms with Crippen molar-refractivity contribution in [3.8, 4) is 0 Å². The standard InChI is InChI=1S/C22H25FN2O4/c1-13(2)20(25-21(28)16-8-10-17(23)11-9-16)22(29)24-18(12-19(26)27)15-6-4-14(3)5-7-15/h4-11,13,18,20H,12H2,1-3H3,(H,24,29)(H,25,28)(H,26,27). The average Bonchev–Trinajstić information content (AvgIpc) is 2.65. The Balaban J connectivity index is 2.16. The van der Waals surface area contributed by atoms with E-state index in [0.29, 0.717) is 5.56 Å². The molecule has 2 rings (SSSR count). The number of aliphatic carboxylic acids is 1. The number of carbonyl (C=O) groups excluding carboxylic acids is 2. The van der Waals surface area contributed by atoms with Crippen LogP contribution in [0.25, 0.3) is 0 Å². The SMILES string of the molecule is Cc1ccc(C(CC(=O)O)NC(=O)C(NC(=O)c2ccc(F)cc2)C(C)C)cc1. The maximum absolute atomic E-state index is 13.1. The van der Waals surface area contributed by atoms with Crippen LogP contribution in [-0.4, -0.2) is 28.9 Å². The maximum Gasteiger partial charge on any atom is 0.305 e. The van der Waals surface area contributed by atoms with Crippen LogP contribution in [0.15, 0.2) is 48.5 Å². The molecule has 2 atom stereocenters. The number of nitrogens with one attached hydrogen (secondary N) is 2. The summed E-state index contributed by atoms with van der Waals surface area (Å²) in [5, 5.41) is 14.6. The lowest BCUT2D eigenvalue weighted by atomic mass is 9.99. The fourth-order valence-electron chi connectivity index (χ4n) is 2.85. The molecule has 7 heteroatoms. The van der Waals surface area contributed by atoms with Gasteiger partial charge >= 0.3 is 5.97 Å². The molecule has 6 nitrogen and oxygen atoms in total. The van der Waals surface area contributed by atoms with Crippen LogP contribution in [0.4, 0.5) is 4.39 Å². The molecule has 29 heavy (non-hydrogen) atoms. The van der Waals surface area contributed by atoms with Gasteiger partial charge in [-0.05, 0) is 42.7 Å². The van der Waals surface area contributed by atoms with Gasteiger partial charge in [-0.2, -0.15) is 0 Å². The first-order valence-electron chi connectivity index (χ1n) is 9.32. The fraction of sp³-hybridized carbons (Fsp3) is 0.318. The smallest absolute Gasteiger partial charge is 0.305 e. The molecule has 2 unspecified atom stereocenters. The molecule has 0 saturated carbocycles. The monoisotopic (exact) mass is 400 g/mol. The molecule has 0 heterocycles. The summed E-state index contributed by atoms with van der Waals surface area (Å²) in [7, 11) is 0. The van der Waals surface area contributed by atoms with Crippen molar-refractivity contribution in [2.24, 2.45) is 5.92 Å². The van der Waals surface area contributed by atoms with Crippen LogP contribution in [0.3, 0.4) is 0 Å². The third-order valence-corrected chi connectivity index (χ3v) is 4.52. The van der Waals surface area contributed by atoms with Gasteiger partial charge in [0.05, 0.1) is 12.5 Å². The van der Waals surface area contributed by atoms with E-state index in [4.69, 9.17) is 0 Å². The zero-order valence-corrected chi connectivity index (χ0v) is 16.6. The van der Waals surface area contributed by atoms with Crippen molar-refractivity contribution in [2.75, 3.05) is 0 Å². The fourth-order valence-corrected chi connectivity index (χ4v) is 2.85. The second-order valence-electron chi connectivity index (χ2n) is 7.27. The van der Waals surface area contributed by atoms with Crippen molar-refractivity contribution >= 4 is 17.8 Å². The first-order valence-corrected chi connectivity index (χ1v) is 9.32. The van der Waals surface area contributed by atoms with Crippen LogP contribution in [-0.2, 0) is 9.59 Å². The second-order valence-corrected chi connectivity index (χ2v) is 7.27. The number of carbonyl (C=O) groups is 3. The topological polar surface area (TPSA) is 95.5 Å². The average molecular weight is 400 g/mol. The molecule has 2 aromatic carbocycles. The number of rotatable bonds is 8. The lowest BCUT2D eigenvalue weighted by Gasteiger charge is -2.25. The Hall–Kier alpha value is -3.22. The summed E-state index contributed by atoms with van der Waals surface area (Å²) < 4.78 is 13.1. The third kappa shape index (κ3) is 6.41. The molecule has 2 aromatic rings. The summed E-state index contributed by atoms with van der Waals surface area (Å²) in [5.41, 5.74) is 1.91. The number of amides is 2. The van der Waals surface area contributed by atoms with Gasteiger partial charge in [0.1, 0.15) is 11.9 Å². The van der Waals surface area contributed by atoms with Crippen LogP contribution < -0.4 is 10.6 Å². The van der Waals surface area contributed by atoms with E-state index in [1.54, 1.807) is 26.0 Å².